The molecule has 0 saturated heterocycles. The largest absolute Gasteiger partial charge is 0.469 e. The predicted molar refractivity (Wildman–Crippen MR) is 159 cm³/mol. The van der Waals surface area contributed by atoms with Gasteiger partial charge in [-0.25, -0.2) is 13.1 Å². The van der Waals surface area contributed by atoms with Gasteiger partial charge in [-0.3, -0.25) is 9.59 Å². The van der Waals surface area contributed by atoms with E-state index in [2.05, 4.69) is 10.0 Å². The third kappa shape index (κ3) is 8.76. The van der Waals surface area contributed by atoms with E-state index in [4.69, 9.17) is 16.3 Å². The first-order valence-electron chi connectivity index (χ1n) is 14.3. The zero-order valence-electron chi connectivity index (χ0n) is 25.5. The molecule has 1 fully saturated rings. The molecule has 0 unspecified atom stereocenters. The molecule has 1 amide bonds. The molecular weight excluding hydrogens is 607 g/mol. The number of carbonyl (C=O) groups is 2. The lowest BCUT2D eigenvalue weighted by atomic mass is 9.89. The topological polar surface area (TPSA) is 106 Å². The highest BCUT2D eigenvalue weighted by Crippen LogP contribution is 2.39. The third-order valence-electron chi connectivity index (χ3n) is 7.53. The summed E-state index contributed by atoms with van der Waals surface area (Å²) in [4.78, 5) is 24.3. The van der Waals surface area contributed by atoms with E-state index in [-0.39, 0.29) is 40.9 Å². The molecule has 8 nitrogen and oxygen atoms in total. The first kappa shape index (κ1) is 34.9. The van der Waals surface area contributed by atoms with E-state index < -0.39 is 49.5 Å². The molecule has 0 atom stereocenters. The Balaban J connectivity index is 2.06. The maximum atomic E-state index is 14.3. The number of halogens is 4. The van der Waals surface area contributed by atoms with Gasteiger partial charge in [-0.15, -0.1) is 0 Å². The van der Waals surface area contributed by atoms with Gasteiger partial charge >= 0.3 is 12.1 Å². The number of ether oxygens (including phenoxy) is 1. The first-order chi connectivity index (χ1) is 19.8. The van der Waals surface area contributed by atoms with E-state index in [0.29, 0.717) is 6.54 Å². The number of carbonyl (C=O) groups excluding carboxylic acids is 2. The molecular formula is C30H41ClF3N3O5S. The first-order valence-corrected chi connectivity index (χ1v) is 16.1. The fourth-order valence-electron chi connectivity index (χ4n) is 5.30. The highest BCUT2D eigenvalue weighted by atomic mass is 35.5. The minimum atomic E-state index is -4.98. The van der Waals surface area contributed by atoms with Crippen LogP contribution in [0.5, 0.6) is 0 Å². The van der Waals surface area contributed by atoms with Crippen LogP contribution < -0.4 is 10.0 Å². The number of amides is 1. The Morgan fingerprint density at radius 1 is 1.05 bits per heavy atom. The average molecular weight is 648 g/mol. The summed E-state index contributed by atoms with van der Waals surface area (Å²) in [6.45, 7) is 8.52. The number of alkyl halides is 3. The van der Waals surface area contributed by atoms with Crippen molar-refractivity contribution >= 4 is 33.5 Å². The van der Waals surface area contributed by atoms with Gasteiger partial charge in [0.1, 0.15) is 5.15 Å². The Morgan fingerprint density at radius 2 is 1.67 bits per heavy atom. The van der Waals surface area contributed by atoms with Crippen molar-refractivity contribution in [2.24, 2.45) is 11.3 Å². The van der Waals surface area contributed by atoms with Crippen molar-refractivity contribution in [1.29, 1.82) is 0 Å². The van der Waals surface area contributed by atoms with Crippen LogP contribution in [-0.4, -0.2) is 44.1 Å². The van der Waals surface area contributed by atoms with E-state index in [0.717, 1.165) is 44.2 Å². The number of nitrogens with one attached hydrogen (secondary N) is 2. The van der Waals surface area contributed by atoms with Crippen molar-refractivity contribution in [2.75, 3.05) is 13.7 Å². The number of hydrogen-bond acceptors (Lipinski definition) is 5. The third-order valence-corrected chi connectivity index (χ3v) is 9.75. The van der Waals surface area contributed by atoms with Crippen LogP contribution in [0.2, 0.25) is 5.15 Å². The number of esters is 1. The summed E-state index contributed by atoms with van der Waals surface area (Å²) in [5, 5.41) is 2.82. The molecule has 0 aliphatic heterocycles. The van der Waals surface area contributed by atoms with Crippen LogP contribution in [-0.2, 0) is 32.3 Å². The Hall–Kier alpha value is -2.57. The quantitative estimate of drug-likeness (QED) is 0.276. The van der Waals surface area contributed by atoms with Crippen LogP contribution in [0.4, 0.5) is 13.2 Å². The molecule has 1 aromatic heterocycles. The molecule has 2 aromatic rings. The fourth-order valence-corrected chi connectivity index (χ4v) is 7.22. The molecule has 1 heterocycles. The molecule has 0 bridgehead atoms. The second-order valence-corrected chi connectivity index (χ2v) is 14.8. The normalized spacial score (nSPS) is 15.4. The molecule has 240 valence electrons. The van der Waals surface area contributed by atoms with E-state index in [1.807, 2.05) is 0 Å². The van der Waals surface area contributed by atoms with Gasteiger partial charge in [0.2, 0.25) is 10.0 Å². The summed E-state index contributed by atoms with van der Waals surface area (Å²) in [5.74, 6) is -0.754. The highest BCUT2D eigenvalue weighted by molar-refractivity contribution is 7.89. The molecule has 43 heavy (non-hydrogen) atoms. The maximum absolute atomic E-state index is 14.3. The summed E-state index contributed by atoms with van der Waals surface area (Å²) in [7, 11) is -3.23. The zero-order valence-corrected chi connectivity index (χ0v) is 27.0. The number of methoxy groups -OCH3 is 1. The molecule has 2 N–H and O–H groups in total. The van der Waals surface area contributed by atoms with Crippen LogP contribution in [0.1, 0.15) is 89.1 Å². The SMILES string of the molecule is COC(=O)C(C)(C)CCNC(=O)c1cc(-c2ccc(S(=O)(=O)NC(C)(C)C)c(C(F)(F)F)c2)n(CC2CCCCC2)c1Cl. The molecule has 1 aliphatic carbocycles. The van der Waals surface area contributed by atoms with Crippen molar-refractivity contribution in [3.8, 4) is 11.3 Å². The Bertz CT molecular complexity index is 1440. The average Bonchev–Trinajstić information content (AvgIpc) is 3.22. The van der Waals surface area contributed by atoms with Crippen LogP contribution >= 0.6 is 11.6 Å². The van der Waals surface area contributed by atoms with E-state index >= 15 is 0 Å². The monoisotopic (exact) mass is 647 g/mol. The van der Waals surface area contributed by atoms with Gasteiger partial charge in [0.25, 0.3) is 5.91 Å². The van der Waals surface area contributed by atoms with Crippen LogP contribution in [0.3, 0.4) is 0 Å². The number of sulfonamides is 1. The van der Waals surface area contributed by atoms with Gasteiger partial charge in [0.05, 0.1) is 34.2 Å². The van der Waals surface area contributed by atoms with Gasteiger partial charge in [0, 0.05) is 18.6 Å². The minimum Gasteiger partial charge on any atom is -0.469 e. The van der Waals surface area contributed by atoms with Gasteiger partial charge in [-0.1, -0.05) is 36.9 Å². The zero-order chi connectivity index (χ0) is 32.4. The number of hydrogen-bond donors (Lipinski definition) is 2. The molecule has 1 saturated carbocycles. The van der Waals surface area contributed by atoms with Gasteiger partial charge in [-0.2, -0.15) is 13.2 Å². The van der Waals surface area contributed by atoms with Crippen LogP contribution in [0, 0.1) is 11.3 Å². The lowest BCUT2D eigenvalue weighted by molar-refractivity contribution is -0.151. The van der Waals surface area contributed by atoms with Crippen molar-refractivity contribution in [1.82, 2.24) is 14.6 Å². The summed E-state index contributed by atoms with van der Waals surface area (Å²) in [5.41, 5.74) is -2.75. The number of aromatic nitrogens is 1. The molecule has 0 radical (unpaired) electrons. The van der Waals surface area contributed by atoms with Gasteiger partial charge < -0.3 is 14.6 Å². The smallest absolute Gasteiger partial charge is 0.417 e. The number of nitrogens with zero attached hydrogens (tertiary/aromatic N) is 1. The van der Waals surface area contributed by atoms with Crippen molar-refractivity contribution in [3.05, 3.63) is 40.5 Å². The minimum absolute atomic E-state index is 0.0722. The Kier molecular flexibility index (Phi) is 10.7. The van der Waals surface area contributed by atoms with E-state index in [9.17, 15) is 31.2 Å². The second kappa shape index (κ2) is 13.2. The van der Waals surface area contributed by atoms with Crippen molar-refractivity contribution < 1.29 is 35.9 Å². The number of benzene rings is 1. The number of rotatable bonds is 10. The van der Waals surface area contributed by atoms with Gasteiger partial charge in [0.15, 0.2) is 0 Å². The van der Waals surface area contributed by atoms with Gasteiger partial charge in [-0.05, 0) is 83.6 Å². The molecule has 13 heteroatoms. The Morgan fingerprint density at radius 3 is 2.23 bits per heavy atom. The second-order valence-electron chi connectivity index (χ2n) is 12.8. The summed E-state index contributed by atoms with van der Waals surface area (Å²) in [6, 6.07) is 4.46. The van der Waals surface area contributed by atoms with E-state index in [1.165, 1.54) is 40.0 Å². The van der Waals surface area contributed by atoms with Crippen molar-refractivity contribution in [2.45, 2.75) is 96.3 Å². The summed E-state index contributed by atoms with van der Waals surface area (Å²) >= 11 is 6.74. The maximum Gasteiger partial charge on any atom is 0.417 e. The summed E-state index contributed by atoms with van der Waals surface area (Å²) in [6.07, 6.45) is 0.289. The molecule has 1 aromatic carbocycles. The Labute approximate surface area is 256 Å². The van der Waals surface area contributed by atoms with Crippen LogP contribution in [0.15, 0.2) is 29.2 Å². The van der Waals surface area contributed by atoms with E-state index in [1.54, 1.807) is 18.4 Å². The molecule has 3 rings (SSSR count). The summed E-state index contributed by atoms with van der Waals surface area (Å²) < 4.78 is 77.5. The van der Waals surface area contributed by atoms with Crippen LogP contribution in [0.25, 0.3) is 11.3 Å². The lowest BCUT2D eigenvalue weighted by Gasteiger charge is -2.24. The molecule has 1 aliphatic rings. The van der Waals surface area contributed by atoms with Crippen molar-refractivity contribution in [3.63, 3.8) is 0 Å². The fraction of sp³-hybridized carbons (Fsp3) is 0.600. The lowest BCUT2D eigenvalue weighted by Crippen LogP contribution is -2.41. The standard InChI is InChI=1S/C30H41ClF3N3O5S/c1-28(2,3)36-43(40,41)24-13-12-20(16-22(24)30(32,33)34)23-17-21(25(31)37(23)18-19-10-8-7-9-11-19)26(38)35-15-14-29(4,5)27(39)42-6/h12-13,16-17,19,36H,7-11,14-15,18H2,1-6H3,(H,35,38). The molecule has 0 spiro atoms. The highest BCUT2D eigenvalue weighted by Gasteiger charge is 2.39. The predicted octanol–water partition coefficient (Wildman–Crippen LogP) is 6.80.